The maximum Gasteiger partial charge on any atom is 0.184 e. The molecule has 0 spiro atoms. The maximum atomic E-state index is 11.3. The second-order valence-corrected chi connectivity index (χ2v) is 10.6. The van der Waals surface area contributed by atoms with E-state index in [1.54, 1.807) is 0 Å². The van der Waals surface area contributed by atoms with Crippen molar-refractivity contribution in [2.75, 3.05) is 19.8 Å². The Labute approximate surface area is 225 Å². The van der Waals surface area contributed by atoms with Gasteiger partial charge in [-0.25, -0.2) is 0 Å². The van der Waals surface area contributed by atoms with Crippen molar-refractivity contribution in [2.24, 2.45) is 0 Å². The molecule has 5 aliphatic heterocycles. The van der Waals surface area contributed by atoms with E-state index in [4.69, 9.17) is 33.2 Å². The van der Waals surface area contributed by atoms with Crippen LogP contribution in [0.2, 0.25) is 0 Å². The topological polar surface area (TPSA) is 137 Å². The molecule has 13 atom stereocenters. The molecule has 0 unspecified atom stereocenters. The molecule has 0 radical (unpaired) electrons. The van der Waals surface area contributed by atoms with Crippen LogP contribution in [0.25, 0.3) is 0 Å². The fourth-order valence-electron chi connectivity index (χ4n) is 6.10. The quantitative estimate of drug-likeness (QED) is 0.421. The largest absolute Gasteiger partial charge is 0.387 e. The van der Waals surface area contributed by atoms with Crippen molar-refractivity contribution >= 4 is 0 Å². The number of hydrogen-bond acceptors (Lipinski definition) is 11. The standard InChI is InChI=1S/C28H33NO10/c30-19-20(31)25(36-18-13-34-27(38-23(18)19)14-7-3-1-4-8-14)26-29-11-16-22(37-26)21(32)24-17(35-16)12-33-28(39-24)15-9-5-2-6-10-15/h1-10,16-32H,11-13H2/t16-,17+,18+,19+,20+,21+,22-,23+,24+,25+,26-,27+,28+/m0/s1. The van der Waals surface area contributed by atoms with Crippen LogP contribution in [-0.4, -0.2) is 102 Å². The summed E-state index contributed by atoms with van der Waals surface area (Å²) in [5.74, 6) is 0. The number of aliphatic hydroxyl groups excluding tert-OH is 3. The predicted molar refractivity (Wildman–Crippen MR) is 132 cm³/mol. The van der Waals surface area contributed by atoms with Crippen molar-refractivity contribution in [1.82, 2.24) is 5.32 Å². The predicted octanol–water partition coefficient (Wildman–Crippen LogP) is 0.147. The Hall–Kier alpha value is -2.00. The van der Waals surface area contributed by atoms with Crippen LogP contribution in [0.3, 0.4) is 0 Å². The summed E-state index contributed by atoms with van der Waals surface area (Å²) in [6, 6.07) is 18.9. The molecule has 39 heavy (non-hydrogen) atoms. The molecule has 0 aromatic heterocycles. The first-order valence-electron chi connectivity index (χ1n) is 13.4. The highest BCUT2D eigenvalue weighted by atomic mass is 16.7. The maximum absolute atomic E-state index is 11.3. The summed E-state index contributed by atoms with van der Waals surface area (Å²) in [5.41, 5.74) is 1.67. The summed E-state index contributed by atoms with van der Waals surface area (Å²) in [6.07, 6.45) is -10.3. The molecule has 0 amide bonds. The first-order chi connectivity index (χ1) is 19.1. The summed E-state index contributed by atoms with van der Waals surface area (Å²) < 4.78 is 42.4. The highest BCUT2D eigenvalue weighted by Crippen LogP contribution is 2.39. The average molecular weight is 544 g/mol. The molecule has 4 N–H and O–H groups in total. The Kier molecular flexibility index (Phi) is 7.16. The monoisotopic (exact) mass is 543 g/mol. The molecular weight excluding hydrogens is 510 g/mol. The number of aliphatic hydroxyl groups is 3. The summed E-state index contributed by atoms with van der Waals surface area (Å²) in [6.45, 7) is 0.794. The van der Waals surface area contributed by atoms with Gasteiger partial charge in [0, 0.05) is 17.7 Å². The van der Waals surface area contributed by atoms with Gasteiger partial charge in [0.2, 0.25) is 0 Å². The molecule has 2 aromatic rings. The smallest absolute Gasteiger partial charge is 0.184 e. The van der Waals surface area contributed by atoms with Crippen LogP contribution < -0.4 is 5.32 Å². The summed E-state index contributed by atoms with van der Waals surface area (Å²) in [5, 5.41) is 36.6. The zero-order valence-electron chi connectivity index (χ0n) is 21.1. The molecule has 0 aliphatic carbocycles. The number of fused-ring (bicyclic) bond motifs is 3. The first kappa shape index (κ1) is 25.9. The minimum atomic E-state index is -1.30. The number of benzene rings is 2. The Morgan fingerprint density at radius 3 is 1.67 bits per heavy atom. The molecule has 5 saturated heterocycles. The van der Waals surface area contributed by atoms with Crippen molar-refractivity contribution in [3.63, 3.8) is 0 Å². The molecule has 0 saturated carbocycles. The molecule has 5 aliphatic rings. The van der Waals surface area contributed by atoms with E-state index in [2.05, 4.69) is 5.32 Å². The van der Waals surface area contributed by atoms with Gasteiger partial charge in [0.05, 0.1) is 19.3 Å². The first-order valence-corrected chi connectivity index (χ1v) is 13.4. The number of nitrogens with one attached hydrogen (secondary N) is 1. The van der Waals surface area contributed by atoms with Gasteiger partial charge in [-0.2, -0.15) is 0 Å². The van der Waals surface area contributed by atoms with Crippen molar-refractivity contribution in [3.8, 4) is 0 Å². The molecule has 5 fully saturated rings. The van der Waals surface area contributed by atoms with E-state index in [1.165, 1.54) is 0 Å². The molecule has 11 heteroatoms. The Bertz CT molecular complexity index is 1110. The summed E-state index contributed by atoms with van der Waals surface area (Å²) in [7, 11) is 0. The van der Waals surface area contributed by atoms with Crippen LogP contribution in [0, 0.1) is 0 Å². The SMILES string of the molecule is O[C@@H]1[C@@H](O)[C@@H]2O[C@H](c3ccccc3)OC[C@H]2O[C@H]1[C@H]1NC[C@@H]2O[C@@H]3CO[C@@H](c4ccccc4)O[C@H]3[C@H](O)[C@H]2O1. The Balaban J connectivity index is 1.02. The van der Waals surface area contributed by atoms with E-state index in [1.807, 2.05) is 60.7 Å². The van der Waals surface area contributed by atoms with Gasteiger partial charge in [-0.05, 0) is 0 Å². The number of rotatable bonds is 3. The molecule has 7 rings (SSSR count). The van der Waals surface area contributed by atoms with Gasteiger partial charge < -0.3 is 48.5 Å². The van der Waals surface area contributed by atoms with Gasteiger partial charge in [0.1, 0.15) is 61.2 Å². The molecule has 2 aromatic carbocycles. The molecule has 5 heterocycles. The van der Waals surface area contributed by atoms with Crippen LogP contribution >= 0.6 is 0 Å². The number of hydrogen-bond donors (Lipinski definition) is 4. The second-order valence-electron chi connectivity index (χ2n) is 10.6. The number of ether oxygens (including phenoxy) is 7. The summed E-state index contributed by atoms with van der Waals surface area (Å²) >= 11 is 0. The van der Waals surface area contributed by atoms with Gasteiger partial charge in [0.25, 0.3) is 0 Å². The van der Waals surface area contributed by atoms with Crippen LogP contribution in [-0.2, 0) is 33.2 Å². The molecule has 210 valence electrons. The van der Waals surface area contributed by atoms with E-state index in [0.29, 0.717) is 6.54 Å². The van der Waals surface area contributed by atoms with Crippen LogP contribution in [0.4, 0.5) is 0 Å². The highest BCUT2D eigenvalue weighted by molar-refractivity contribution is 5.18. The van der Waals surface area contributed by atoms with Gasteiger partial charge in [-0.3, -0.25) is 5.32 Å². The molecule has 11 nitrogen and oxygen atoms in total. The van der Waals surface area contributed by atoms with Crippen molar-refractivity contribution in [2.45, 2.75) is 79.8 Å². The lowest BCUT2D eigenvalue weighted by Gasteiger charge is -2.53. The average Bonchev–Trinajstić information content (AvgIpc) is 2.99. The molecule has 0 bridgehead atoms. The van der Waals surface area contributed by atoms with Crippen LogP contribution in [0.5, 0.6) is 0 Å². The lowest BCUT2D eigenvalue weighted by molar-refractivity contribution is -0.363. The summed E-state index contributed by atoms with van der Waals surface area (Å²) in [4.78, 5) is 0. The third kappa shape index (κ3) is 4.81. The normalized spacial score (nSPS) is 46.0. The minimum Gasteiger partial charge on any atom is -0.387 e. The zero-order valence-corrected chi connectivity index (χ0v) is 21.1. The van der Waals surface area contributed by atoms with Crippen molar-refractivity contribution in [3.05, 3.63) is 71.8 Å². The van der Waals surface area contributed by atoms with Crippen molar-refractivity contribution < 1.29 is 48.5 Å². The zero-order chi connectivity index (χ0) is 26.5. The highest BCUT2D eigenvalue weighted by Gasteiger charge is 2.56. The van der Waals surface area contributed by atoms with E-state index in [0.717, 1.165) is 11.1 Å². The van der Waals surface area contributed by atoms with E-state index in [-0.39, 0.29) is 13.2 Å². The fourth-order valence-corrected chi connectivity index (χ4v) is 6.10. The third-order valence-electron chi connectivity index (χ3n) is 8.13. The van der Waals surface area contributed by atoms with Gasteiger partial charge >= 0.3 is 0 Å². The minimum absolute atomic E-state index is 0.174. The van der Waals surface area contributed by atoms with Gasteiger partial charge in [0.15, 0.2) is 12.6 Å². The Morgan fingerprint density at radius 1 is 0.538 bits per heavy atom. The van der Waals surface area contributed by atoms with Crippen molar-refractivity contribution in [1.29, 1.82) is 0 Å². The van der Waals surface area contributed by atoms with E-state index in [9.17, 15) is 15.3 Å². The molecular formula is C28H33NO10. The van der Waals surface area contributed by atoms with Gasteiger partial charge in [-0.1, -0.05) is 60.7 Å². The Morgan fingerprint density at radius 2 is 1.05 bits per heavy atom. The van der Waals surface area contributed by atoms with Gasteiger partial charge in [-0.15, -0.1) is 0 Å². The fraction of sp³-hybridized carbons (Fsp3) is 0.571. The third-order valence-corrected chi connectivity index (χ3v) is 8.13. The van der Waals surface area contributed by atoms with E-state index < -0.39 is 79.8 Å². The lowest BCUT2D eigenvalue weighted by Crippen LogP contribution is -2.72. The van der Waals surface area contributed by atoms with Crippen LogP contribution in [0.15, 0.2) is 60.7 Å². The van der Waals surface area contributed by atoms with Crippen LogP contribution in [0.1, 0.15) is 23.7 Å². The second kappa shape index (κ2) is 10.8. The van der Waals surface area contributed by atoms with E-state index >= 15 is 0 Å². The lowest BCUT2D eigenvalue weighted by atomic mass is 9.90.